The second-order valence-corrected chi connectivity index (χ2v) is 8.88. The molecule has 3 rings (SSSR count). The molecule has 1 atom stereocenters. The first-order valence-electron chi connectivity index (χ1n) is 8.49. The van der Waals surface area contributed by atoms with E-state index >= 15 is 0 Å². The molecule has 2 aromatic rings. The molecule has 0 amide bonds. The van der Waals surface area contributed by atoms with Crippen LogP contribution < -0.4 is 10.1 Å². The van der Waals surface area contributed by atoms with Crippen LogP contribution in [0.25, 0.3) is 0 Å². The third-order valence-electron chi connectivity index (χ3n) is 4.44. The molecule has 0 radical (unpaired) electrons. The van der Waals surface area contributed by atoms with Gasteiger partial charge in [-0.1, -0.05) is 18.2 Å². The van der Waals surface area contributed by atoms with E-state index in [1.165, 1.54) is 0 Å². The second-order valence-electron chi connectivity index (χ2n) is 6.65. The molecule has 6 heteroatoms. The lowest BCUT2D eigenvalue weighted by atomic mass is 10.1. The normalized spacial score (nSPS) is 19.0. The van der Waals surface area contributed by atoms with E-state index < -0.39 is 9.84 Å². The van der Waals surface area contributed by atoms with Gasteiger partial charge in [-0.25, -0.2) is 8.42 Å². The van der Waals surface area contributed by atoms with E-state index in [9.17, 15) is 8.42 Å². The number of ether oxygens (including phenoxy) is 1. The highest BCUT2D eigenvalue weighted by molar-refractivity contribution is 7.91. The quantitative estimate of drug-likeness (QED) is 0.857. The molecule has 0 spiro atoms. The van der Waals surface area contributed by atoms with Crippen LogP contribution in [0, 0.1) is 13.8 Å². The molecule has 0 aliphatic carbocycles. The number of nitrogens with zero attached hydrogens (tertiary/aromatic N) is 1. The number of hydrogen-bond donors (Lipinski definition) is 1. The van der Waals surface area contributed by atoms with E-state index in [4.69, 9.17) is 4.74 Å². The highest BCUT2D eigenvalue weighted by Gasteiger charge is 2.27. The summed E-state index contributed by atoms with van der Waals surface area (Å²) in [7, 11) is -2.85. The first-order chi connectivity index (χ1) is 11.9. The minimum absolute atomic E-state index is 0.0608. The molecule has 1 aliphatic rings. The Morgan fingerprint density at radius 2 is 2.00 bits per heavy atom. The van der Waals surface area contributed by atoms with Crippen LogP contribution in [-0.4, -0.2) is 30.9 Å². The summed E-state index contributed by atoms with van der Waals surface area (Å²) in [6.45, 7) is 5.18. The summed E-state index contributed by atoms with van der Waals surface area (Å²) in [6.07, 6.45) is 2.46. The van der Waals surface area contributed by atoms with E-state index in [1.54, 1.807) is 6.20 Å². The fourth-order valence-corrected chi connectivity index (χ4v) is 4.93. The summed E-state index contributed by atoms with van der Waals surface area (Å²) in [5.41, 5.74) is 4.19. The predicted molar refractivity (Wildman–Crippen MR) is 98.4 cm³/mol. The number of aromatic nitrogens is 1. The first-order valence-corrected chi connectivity index (χ1v) is 10.3. The van der Waals surface area contributed by atoms with Crippen LogP contribution >= 0.6 is 0 Å². The van der Waals surface area contributed by atoms with Crippen LogP contribution in [0.15, 0.2) is 36.5 Å². The predicted octanol–water partition coefficient (Wildman–Crippen LogP) is 2.55. The highest BCUT2D eigenvalue weighted by atomic mass is 32.2. The smallest absolute Gasteiger partial charge is 0.151 e. The standard InChI is InChI=1S/C19H24N2O3S/c1-14-9-16(11-21-18-6-8-25(22,23)13-18)10-15(2)19(14)24-12-17-5-3-4-7-20-17/h3-5,7,9-10,18,21H,6,8,11-13H2,1-2H3. The summed E-state index contributed by atoms with van der Waals surface area (Å²) < 4.78 is 29.0. The Bertz CT molecular complexity index is 812. The fourth-order valence-electron chi connectivity index (χ4n) is 3.22. The number of hydrogen-bond acceptors (Lipinski definition) is 5. The van der Waals surface area contributed by atoms with Gasteiger partial charge >= 0.3 is 0 Å². The molecule has 1 aliphatic heterocycles. The van der Waals surface area contributed by atoms with Crippen LogP contribution in [0.2, 0.25) is 0 Å². The van der Waals surface area contributed by atoms with Gasteiger partial charge in [-0.05, 0) is 49.1 Å². The maximum Gasteiger partial charge on any atom is 0.151 e. The van der Waals surface area contributed by atoms with Crippen molar-refractivity contribution in [1.29, 1.82) is 0 Å². The molecule has 1 fully saturated rings. The Kier molecular flexibility index (Phi) is 5.39. The lowest BCUT2D eigenvalue weighted by Crippen LogP contribution is -2.29. The lowest BCUT2D eigenvalue weighted by molar-refractivity contribution is 0.297. The SMILES string of the molecule is Cc1cc(CNC2CCS(=O)(=O)C2)cc(C)c1OCc1ccccn1. The van der Waals surface area contributed by atoms with Gasteiger partial charge in [0, 0.05) is 18.8 Å². The zero-order valence-electron chi connectivity index (χ0n) is 14.7. The Morgan fingerprint density at radius 3 is 2.60 bits per heavy atom. The molecular formula is C19H24N2O3S. The van der Waals surface area contributed by atoms with Crippen molar-refractivity contribution in [1.82, 2.24) is 10.3 Å². The summed E-state index contributed by atoms with van der Waals surface area (Å²) in [6, 6.07) is 10.0. The molecule has 5 nitrogen and oxygen atoms in total. The van der Waals surface area contributed by atoms with E-state index in [0.717, 1.165) is 28.1 Å². The third kappa shape index (κ3) is 4.80. The zero-order valence-corrected chi connectivity index (χ0v) is 15.5. The van der Waals surface area contributed by atoms with Crippen molar-refractivity contribution in [3.63, 3.8) is 0 Å². The van der Waals surface area contributed by atoms with Crippen molar-refractivity contribution in [2.75, 3.05) is 11.5 Å². The van der Waals surface area contributed by atoms with Crippen molar-refractivity contribution < 1.29 is 13.2 Å². The average molecular weight is 360 g/mol. The molecule has 1 saturated heterocycles. The number of rotatable bonds is 6. The van der Waals surface area contributed by atoms with Crippen molar-refractivity contribution in [3.8, 4) is 5.75 Å². The van der Waals surface area contributed by atoms with Gasteiger partial charge < -0.3 is 10.1 Å². The van der Waals surface area contributed by atoms with Gasteiger partial charge in [-0.3, -0.25) is 4.98 Å². The molecule has 1 aromatic heterocycles. The lowest BCUT2D eigenvalue weighted by Gasteiger charge is -2.16. The third-order valence-corrected chi connectivity index (χ3v) is 6.21. The molecular weight excluding hydrogens is 336 g/mol. The number of aryl methyl sites for hydroxylation is 2. The van der Waals surface area contributed by atoms with Crippen LogP contribution in [-0.2, 0) is 23.0 Å². The Balaban J connectivity index is 1.62. The number of benzene rings is 1. The Hall–Kier alpha value is -1.92. The molecule has 134 valence electrons. The number of nitrogens with one attached hydrogen (secondary N) is 1. The van der Waals surface area contributed by atoms with E-state index in [2.05, 4.69) is 22.4 Å². The molecule has 2 heterocycles. The fraction of sp³-hybridized carbons (Fsp3) is 0.421. The van der Waals surface area contributed by atoms with Crippen molar-refractivity contribution in [3.05, 3.63) is 58.9 Å². The van der Waals surface area contributed by atoms with Gasteiger partial charge in [0.05, 0.1) is 17.2 Å². The minimum atomic E-state index is -2.85. The van der Waals surface area contributed by atoms with Crippen molar-refractivity contribution in [2.45, 2.75) is 39.5 Å². The second kappa shape index (κ2) is 7.54. The van der Waals surface area contributed by atoms with Gasteiger partial charge in [0.1, 0.15) is 12.4 Å². The molecule has 1 unspecified atom stereocenters. The first kappa shape index (κ1) is 17.9. The van der Waals surface area contributed by atoms with Crippen LogP contribution in [0.4, 0.5) is 0 Å². The summed E-state index contributed by atoms with van der Waals surface area (Å²) >= 11 is 0. The van der Waals surface area contributed by atoms with Crippen molar-refractivity contribution in [2.24, 2.45) is 0 Å². The number of sulfone groups is 1. The van der Waals surface area contributed by atoms with Gasteiger partial charge in [-0.15, -0.1) is 0 Å². The Labute approximate surface area is 149 Å². The van der Waals surface area contributed by atoms with Gasteiger partial charge in [0.2, 0.25) is 0 Å². The molecule has 25 heavy (non-hydrogen) atoms. The van der Waals surface area contributed by atoms with Gasteiger partial charge in [0.15, 0.2) is 9.84 Å². The molecule has 1 aromatic carbocycles. The van der Waals surface area contributed by atoms with Gasteiger partial charge in [-0.2, -0.15) is 0 Å². The largest absolute Gasteiger partial charge is 0.487 e. The van der Waals surface area contributed by atoms with Crippen LogP contribution in [0.5, 0.6) is 5.75 Å². The molecule has 0 bridgehead atoms. The monoisotopic (exact) mass is 360 g/mol. The highest BCUT2D eigenvalue weighted by Crippen LogP contribution is 2.26. The summed E-state index contributed by atoms with van der Waals surface area (Å²) in [5.74, 6) is 1.43. The average Bonchev–Trinajstić information content (AvgIpc) is 2.92. The van der Waals surface area contributed by atoms with E-state index in [0.29, 0.717) is 25.3 Å². The maximum atomic E-state index is 11.5. The summed E-state index contributed by atoms with van der Waals surface area (Å²) in [4.78, 5) is 4.27. The maximum absolute atomic E-state index is 11.5. The zero-order chi connectivity index (χ0) is 17.9. The topological polar surface area (TPSA) is 68.3 Å². The van der Waals surface area contributed by atoms with E-state index in [1.807, 2.05) is 32.0 Å². The minimum Gasteiger partial charge on any atom is -0.487 e. The summed E-state index contributed by atoms with van der Waals surface area (Å²) in [5, 5.41) is 3.36. The van der Waals surface area contributed by atoms with Crippen LogP contribution in [0.3, 0.4) is 0 Å². The van der Waals surface area contributed by atoms with Crippen molar-refractivity contribution >= 4 is 9.84 Å². The van der Waals surface area contributed by atoms with Crippen LogP contribution in [0.1, 0.15) is 28.8 Å². The molecule has 1 N–H and O–H groups in total. The van der Waals surface area contributed by atoms with E-state index in [-0.39, 0.29) is 11.8 Å². The van der Waals surface area contributed by atoms with Gasteiger partial charge in [0.25, 0.3) is 0 Å². The molecule has 0 saturated carbocycles. The number of pyridine rings is 1. The Morgan fingerprint density at radius 1 is 1.24 bits per heavy atom.